The highest BCUT2D eigenvalue weighted by molar-refractivity contribution is 6.05. The summed E-state index contributed by atoms with van der Waals surface area (Å²) in [7, 11) is 2.15. The van der Waals surface area contributed by atoms with Gasteiger partial charge in [-0.2, -0.15) is 0 Å². The van der Waals surface area contributed by atoms with E-state index in [2.05, 4.69) is 27.5 Å². The van der Waals surface area contributed by atoms with Crippen molar-refractivity contribution in [3.05, 3.63) is 53.6 Å². The third-order valence-electron chi connectivity index (χ3n) is 5.89. The van der Waals surface area contributed by atoms with Crippen LogP contribution in [0.15, 0.2) is 42.5 Å². The number of carbonyl (C=O) groups excluding carboxylic acids is 2. The highest BCUT2D eigenvalue weighted by Crippen LogP contribution is 2.26. The van der Waals surface area contributed by atoms with Gasteiger partial charge in [0.25, 0.3) is 5.91 Å². The summed E-state index contributed by atoms with van der Waals surface area (Å²) in [5, 5.41) is 5.88. The third-order valence-corrected chi connectivity index (χ3v) is 5.89. The molecule has 2 aliphatic rings. The van der Waals surface area contributed by atoms with Crippen LogP contribution in [0.2, 0.25) is 0 Å². The van der Waals surface area contributed by atoms with Gasteiger partial charge in [-0.05, 0) is 55.8 Å². The molecule has 2 heterocycles. The first-order chi connectivity index (χ1) is 15.1. The zero-order valence-electron chi connectivity index (χ0n) is 18.0. The number of anilines is 2. The molecule has 31 heavy (non-hydrogen) atoms. The van der Waals surface area contributed by atoms with Crippen molar-refractivity contribution in [2.45, 2.75) is 19.3 Å². The minimum atomic E-state index is -0.187. The van der Waals surface area contributed by atoms with Crippen molar-refractivity contribution in [2.75, 3.05) is 57.0 Å². The Bertz CT molecular complexity index is 938. The van der Waals surface area contributed by atoms with E-state index in [1.165, 1.54) is 0 Å². The SMILES string of the molecule is CN1CCN(CCOc2ccccc2NC(=O)c2ccc3c(c2)CCCC(=O)N3)CC1. The van der Waals surface area contributed by atoms with Gasteiger partial charge in [0.2, 0.25) is 5.91 Å². The zero-order chi connectivity index (χ0) is 21.6. The summed E-state index contributed by atoms with van der Waals surface area (Å²) in [5.74, 6) is 0.513. The first-order valence-corrected chi connectivity index (χ1v) is 11.0. The van der Waals surface area contributed by atoms with E-state index in [1.54, 1.807) is 6.07 Å². The number of para-hydroxylation sites is 2. The van der Waals surface area contributed by atoms with Crippen molar-refractivity contribution in [3.8, 4) is 5.75 Å². The van der Waals surface area contributed by atoms with Crippen molar-refractivity contribution in [3.63, 3.8) is 0 Å². The van der Waals surface area contributed by atoms with Crippen LogP contribution in [-0.2, 0) is 11.2 Å². The summed E-state index contributed by atoms with van der Waals surface area (Å²) in [6.07, 6.45) is 2.07. The zero-order valence-corrected chi connectivity index (χ0v) is 18.0. The summed E-state index contributed by atoms with van der Waals surface area (Å²) < 4.78 is 6.00. The van der Waals surface area contributed by atoms with Crippen LogP contribution in [0.4, 0.5) is 11.4 Å². The molecule has 0 saturated carbocycles. The van der Waals surface area contributed by atoms with Crippen LogP contribution in [0.5, 0.6) is 5.75 Å². The van der Waals surface area contributed by atoms with E-state index in [-0.39, 0.29) is 11.8 Å². The quantitative estimate of drug-likeness (QED) is 0.749. The fraction of sp³-hybridized carbons (Fsp3) is 0.417. The molecule has 2 N–H and O–H groups in total. The van der Waals surface area contributed by atoms with E-state index >= 15 is 0 Å². The molecule has 1 fully saturated rings. The molecule has 0 bridgehead atoms. The largest absolute Gasteiger partial charge is 0.490 e. The maximum Gasteiger partial charge on any atom is 0.255 e. The average Bonchev–Trinajstić information content (AvgIpc) is 2.96. The average molecular weight is 423 g/mol. The normalized spacial score (nSPS) is 17.4. The number of hydrogen-bond donors (Lipinski definition) is 2. The van der Waals surface area contributed by atoms with E-state index in [0.29, 0.717) is 30.0 Å². The molecule has 164 valence electrons. The Balaban J connectivity index is 1.37. The smallest absolute Gasteiger partial charge is 0.255 e. The molecule has 0 atom stereocenters. The highest BCUT2D eigenvalue weighted by Gasteiger charge is 2.17. The van der Waals surface area contributed by atoms with Crippen LogP contribution in [0.3, 0.4) is 0 Å². The van der Waals surface area contributed by atoms with Gasteiger partial charge in [0.15, 0.2) is 0 Å². The second kappa shape index (κ2) is 9.94. The van der Waals surface area contributed by atoms with Gasteiger partial charge in [0.05, 0.1) is 5.69 Å². The van der Waals surface area contributed by atoms with E-state index in [9.17, 15) is 9.59 Å². The first-order valence-electron chi connectivity index (χ1n) is 11.0. The Labute approximate surface area is 183 Å². The monoisotopic (exact) mass is 422 g/mol. The maximum atomic E-state index is 12.9. The van der Waals surface area contributed by atoms with Crippen LogP contribution in [0.1, 0.15) is 28.8 Å². The van der Waals surface area contributed by atoms with Crippen molar-refractivity contribution in [1.29, 1.82) is 0 Å². The molecule has 7 heteroatoms. The van der Waals surface area contributed by atoms with E-state index in [1.807, 2.05) is 36.4 Å². The van der Waals surface area contributed by atoms with Gasteiger partial charge < -0.3 is 20.3 Å². The van der Waals surface area contributed by atoms with Crippen LogP contribution in [0, 0.1) is 0 Å². The van der Waals surface area contributed by atoms with Crippen molar-refractivity contribution >= 4 is 23.2 Å². The second-order valence-corrected chi connectivity index (χ2v) is 8.22. The van der Waals surface area contributed by atoms with E-state index in [4.69, 9.17) is 4.74 Å². The summed E-state index contributed by atoms with van der Waals surface area (Å²) >= 11 is 0. The summed E-state index contributed by atoms with van der Waals surface area (Å²) in [4.78, 5) is 29.4. The molecular formula is C24H30N4O3. The Morgan fingerprint density at radius 3 is 2.74 bits per heavy atom. The lowest BCUT2D eigenvalue weighted by molar-refractivity contribution is -0.116. The van der Waals surface area contributed by atoms with Gasteiger partial charge in [-0.3, -0.25) is 14.5 Å². The Morgan fingerprint density at radius 1 is 1.10 bits per heavy atom. The maximum absolute atomic E-state index is 12.9. The van der Waals surface area contributed by atoms with Crippen LogP contribution in [0.25, 0.3) is 0 Å². The van der Waals surface area contributed by atoms with Gasteiger partial charge in [0.1, 0.15) is 12.4 Å². The minimum Gasteiger partial charge on any atom is -0.490 e. The van der Waals surface area contributed by atoms with E-state index < -0.39 is 0 Å². The van der Waals surface area contributed by atoms with Crippen LogP contribution < -0.4 is 15.4 Å². The Morgan fingerprint density at radius 2 is 1.90 bits per heavy atom. The number of nitrogens with zero attached hydrogens (tertiary/aromatic N) is 2. The molecule has 4 rings (SSSR count). The molecule has 2 amide bonds. The molecule has 2 aromatic rings. The third kappa shape index (κ3) is 5.62. The fourth-order valence-electron chi connectivity index (χ4n) is 3.96. The fourth-order valence-corrected chi connectivity index (χ4v) is 3.96. The molecule has 0 spiro atoms. The van der Waals surface area contributed by atoms with Crippen molar-refractivity contribution in [1.82, 2.24) is 9.80 Å². The summed E-state index contributed by atoms with van der Waals surface area (Å²) in [6, 6.07) is 13.0. The van der Waals surface area contributed by atoms with Crippen LogP contribution in [-0.4, -0.2) is 68.0 Å². The Kier molecular flexibility index (Phi) is 6.84. The van der Waals surface area contributed by atoms with Gasteiger partial charge >= 0.3 is 0 Å². The lowest BCUT2D eigenvalue weighted by Gasteiger charge is -2.32. The van der Waals surface area contributed by atoms with Crippen molar-refractivity contribution < 1.29 is 14.3 Å². The topological polar surface area (TPSA) is 73.9 Å². The number of hydrogen-bond acceptors (Lipinski definition) is 5. The van der Waals surface area contributed by atoms with Gasteiger partial charge in [-0.25, -0.2) is 0 Å². The Hall–Kier alpha value is -2.90. The number of piperazine rings is 1. The number of benzene rings is 2. The molecule has 2 aromatic carbocycles. The number of carbonyl (C=O) groups is 2. The van der Waals surface area contributed by atoms with Gasteiger partial charge in [-0.15, -0.1) is 0 Å². The number of likely N-dealkylation sites (N-methyl/N-ethyl adjacent to an activating group) is 1. The molecule has 0 radical (unpaired) electrons. The molecule has 7 nitrogen and oxygen atoms in total. The number of fused-ring (bicyclic) bond motifs is 1. The second-order valence-electron chi connectivity index (χ2n) is 8.22. The minimum absolute atomic E-state index is 0.0265. The molecule has 0 aromatic heterocycles. The molecule has 1 saturated heterocycles. The molecule has 0 aliphatic carbocycles. The lowest BCUT2D eigenvalue weighted by Crippen LogP contribution is -2.45. The molecule has 0 unspecified atom stereocenters. The number of amides is 2. The molecule has 2 aliphatic heterocycles. The summed E-state index contributed by atoms with van der Waals surface area (Å²) in [5.41, 5.74) is 3.03. The number of ether oxygens (including phenoxy) is 1. The van der Waals surface area contributed by atoms with Crippen molar-refractivity contribution in [2.24, 2.45) is 0 Å². The van der Waals surface area contributed by atoms with Gasteiger partial charge in [0, 0.05) is 50.4 Å². The lowest BCUT2D eigenvalue weighted by atomic mass is 10.0. The first kappa shape index (κ1) is 21.3. The molecular weight excluding hydrogens is 392 g/mol. The predicted molar refractivity (Wildman–Crippen MR) is 122 cm³/mol. The standard InChI is InChI=1S/C24H30N4O3/c1-27-11-13-28(14-12-27)15-16-31-22-7-3-2-6-21(22)26-24(30)19-9-10-20-18(17-19)5-4-8-23(29)25-20/h2-3,6-7,9-10,17H,4-5,8,11-16H2,1H3,(H,25,29)(H,26,30). The number of nitrogens with one attached hydrogen (secondary N) is 2. The number of aryl methyl sites for hydroxylation is 1. The highest BCUT2D eigenvalue weighted by atomic mass is 16.5. The van der Waals surface area contributed by atoms with Crippen LogP contribution >= 0.6 is 0 Å². The van der Waals surface area contributed by atoms with Gasteiger partial charge in [-0.1, -0.05) is 12.1 Å². The number of rotatable bonds is 6. The summed E-state index contributed by atoms with van der Waals surface area (Å²) in [6.45, 7) is 5.71. The predicted octanol–water partition coefficient (Wildman–Crippen LogP) is 2.84. The van der Waals surface area contributed by atoms with E-state index in [0.717, 1.165) is 56.8 Å².